The average Bonchev–Trinajstić information content (AvgIpc) is 2.82. The highest BCUT2D eigenvalue weighted by Crippen LogP contribution is 2.37. The van der Waals surface area contributed by atoms with Gasteiger partial charge >= 0.3 is 6.18 Å². The molecule has 188 valence electrons. The molecule has 35 heavy (non-hydrogen) atoms. The van der Waals surface area contributed by atoms with E-state index in [1.54, 1.807) is 21.0 Å². The lowest BCUT2D eigenvalue weighted by Crippen LogP contribution is -2.33. The van der Waals surface area contributed by atoms with Crippen molar-refractivity contribution < 1.29 is 22.3 Å². The Labute approximate surface area is 201 Å². The number of nitrogens with zero attached hydrogens (tertiary/aromatic N) is 4. The van der Waals surface area contributed by atoms with Crippen LogP contribution in [0.2, 0.25) is 0 Å². The van der Waals surface area contributed by atoms with Crippen molar-refractivity contribution in [3.63, 3.8) is 0 Å². The molecule has 0 spiro atoms. The summed E-state index contributed by atoms with van der Waals surface area (Å²) in [7, 11) is 1.56. The van der Waals surface area contributed by atoms with Crippen LogP contribution < -0.4 is 15.0 Å². The van der Waals surface area contributed by atoms with Crippen molar-refractivity contribution in [3.8, 4) is 5.88 Å². The van der Waals surface area contributed by atoms with Gasteiger partial charge in [0.2, 0.25) is 5.88 Å². The zero-order chi connectivity index (χ0) is 25.3. The third-order valence-electron chi connectivity index (χ3n) is 6.62. The Morgan fingerprint density at radius 1 is 1.17 bits per heavy atom. The van der Waals surface area contributed by atoms with Crippen molar-refractivity contribution in [2.75, 3.05) is 30.4 Å². The lowest BCUT2D eigenvalue weighted by Gasteiger charge is -2.33. The lowest BCUT2D eigenvalue weighted by atomic mass is 9.94. The van der Waals surface area contributed by atoms with E-state index in [2.05, 4.69) is 32.1 Å². The number of pyridine rings is 1. The number of fused-ring (bicyclic) bond motifs is 1. The molecule has 0 aliphatic carbocycles. The number of rotatable bonds is 6. The summed E-state index contributed by atoms with van der Waals surface area (Å²) in [5, 5.41) is 3.67. The van der Waals surface area contributed by atoms with Crippen LogP contribution in [-0.2, 0) is 6.18 Å². The molecule has 0 amide bonds. The second kappa shape index (κ2) is 9.83. The topological polar surface area (TPSA) is 63.2 Å². The van der Waals surface area contributed by atoms with Crippen molar-refractivity contribution in [2.24, 2.45) is 5.92 Å². The second-order valence-corrected chi connectivity index (χ2v) is 8.92. The third kappa shape index (κ3) is 5.11. The smallest absolute Gasteiger partial charge is 0.419 e. The van der Waals surface area contributed by atoms with Crippen molar-refractivity contribution in [2.45, 2.75) is 52.3 Å². The van der Waals surface area contributed by atoms with Gasteiger partial charge in [-0.1, -0.05) is 25.5 Å². The van der Waals surface area contributed by atoms with Gasteiger partial charge in [0.25, 0.3) is 0 Å². The second-order valence-electron chi connectivity index (χ2n) is 8.92. The number of halogens is 4. The van der Waals surface area contributed by atoms with Gasteiger partial charge in [-0.2, -0.15) is 18.2 Å². The van der Waals surface area contributed by atoms with Crippen molar-refractivity contribution in [1.29, 1.82) is 0 Å². The summed E-state index contributed by atoms with van der Waals surface area (Å²) in [6, 6.07) is 4.38. The summed E-state index contributed by atoms with van der Waals surface area (Å²) < 4.78 is 60.0. The number of ether oxygens (including phenoxy) is 1. The van der Waals surface area contributed by atoms with E-state index >= 15 is 0 Å². The Kier molecular flexibility index (Phi) is 7.00. The minimum atomic E-state index is -4.78. The number of alkyl halides is 3. The Morgan fingerprint density at radius 2 is 1.89 bits per heavy atom. The van der Waals surface area contributed by atoms with Gasteiger partial charge in [0.05, 0.1) is 24.1 Å². The van der Waals surface area contributed by atoms with Gasteiger partial charge in [-0.05, 0) is 44.7 Å². The van der Waals surface area contributed by atoms with Crippen LogP contribution in [0.5, 0.6) is 5.88 Å². The average molecular weight is 492 g/mol. The highest BCUT2D eigenvalue weighted by atomic mass is 19.4. The first-order chi connectivity index (χ1) is 16.6. The molecule has 1 N–H and O–H groups in total. The van der Waals surface area contributed by atoms with E-state index in [1.807, 2.05) is 6.07 Å². The number of anilines is 2. The molecular weight excluding hydrogens is 462 g/mol. The molecule has 1 saturated heterocycles. The molecule has 1 fully saturated rings. The Hall–Kier alpha value is -3.17. The molecule has 6 nitrogen and oxygen atoms in total. The van der Waals surface area contributed by atoms with Crippen LogP contribution in [0.15, 0.2) is 24.3 Å². The fourth-order valence-corrected chi connectivity index (χ4v) is 4.59. The highest BCUT2D eigenvalue weighted by Gasteiger charge is 2.35. The maximum absolute atomic E-state index is 14.8. The molecule has 0 bridgehead atoms. The zero-order valence-electron chi connectivity index (χ0n) is 20.2. The third-order valence-corrected chi connectivity index (χ3v) is 6.62. The van der Waals surface area contributed by atoms with E-state index in [0.717, 1.165) is 44.1 Å². The molecule has 1 aliphatic rings. The molecule has 1 aromatic carbocycles. The van der Waals surface area contributed by atoms with Crippen LogP contribution in [-0.4, -0.2) is 35.2 Å². The molecule has 0 saturated carbocycles. The first kappa shape index (κ1) is 24.9. The number of nitrogens with one attached hydrogen (secondary N) is 1. The number of piperidine rings is 1. The van der Waals surface area contributed by atoms with Gasteiger partial charge < -0.3 is 15.0 Å². The van der Waals surface area contributed by atoms with Gasteiger partial charge in [0.1, 0.15) is 23.1 Å². The van der Waals surface area contributed by atoms with Crippen molar-refractivity contribution in [3.05, 3.63) is 47.0 Å². The minimum absolute atomic E-state index is 0.104. The number of hydrogen-bond acceptors (Lipinski definition) is 6. The molecule has 3 heterocycles. The Balaban J connectivity index is 1.73. The molecule has 0 unspecified atom stereocenters. The summed E-state index contributed by atoms with van der Waals surface area (Å²) in [6.07, 6.45) is -1.50. The number of aryl methyl sites for hydroxylation is 1. The molecule has 10 heteroatoms. The normalized spacial score (nSPS) is 15.9. The fraction of sp³-hybridized carbons (Fsp3) is 0.480. The monoisotopic (exact) mass is 491 g/mol. The maximum atomic E-state index is 14.8. The minimum Gasteiger partial charge on any atom is -0.479 e. The summed E-state index contributed by atoms with van der Waals surface area (Å²) in [5.74, 6) is 0.638. The van der Waals surface area contributed by atoms with E-state index < -0.39 is 23.6 Å². The SMILES string of the molecule is CCC1CCN(c2cc3c(N[C@H](C)c4cccc(C(F)(F)F)c4F)nc(C)nc3nc2OC)CC1. The van der Waals surface area contributed by atoms with Crippen LogP contribution in [0.3, 0.4) is 0 Å². The summed E-state index contributed by atoms with van der Waals surface area (Å²) in [6.45, 7) is 7.21. The lowest BCUT2D eigenvalue weighted by molar-refractivity contribution is -0.140. The van der Waals surface area contributed by atoms with E-state index in [0.29, 0.717) is 34.5 Å². The Bertz CT molecular complexity index is 1210. The van der Waals surface area contributed by atoms with E-state index in [4.69, 9.17) is 4.74 Å². The van der Waals surface area contributed by atoms with Gasteiger partial charge in [0, 0.05) is 18.7 Å². The molecule has 1 aliphatic heterocycles. The largest absolute Gasteiger partial charge is 0.479 e. The fourth-order valence-electron chi connectivity index (χ4n) is 4.59. The number of benzene rings is 1. The first-order valence-corrected chi connectivity index (χ1v) is 11.7. The molecule has 0 radical (unpaired) electrons. The van der Waals surface area contributed by atoms with Crippen molar-refractivity contribution in [1.82, 2.24) is 15.0 Å². The van der Waals surface area contributed by atoms with Gasteiger partial charge in [0.15, 0.2) is 5.65 Å². The summed E-state index contributed by atoms with van der Waals surface area (Å²) in [4.78, 5) is 15.7. The van der Waals surface area contributed by atoms with Crippen LogP contribution in [0.1, 0.15) is 56.1 Å². The standard InChI is InChI=1S/C25H29F4N5O/c1-5-16-9-11-34(12-10-16)20-13-18-22(31-15(3)32-23(18)33-24(20)35-4)30-14(2)17-7-6-8-19(21(17)26)25(27,28)29/h6-8,13-14,16H,5,9-12H2,1-4H3,(H,30,31,32,33)/t14-/m1/s1. The number of aromatic nitrogens is 3. The van der Waals surface area contributed by atoms with Crippen LogP contribution >= 0.6 is 0 Å². The van der Waals surface area contributed by atoms with Gasteiger partial charge in [-0.3, -0.25) is 0 Å². The van der Waals surface area contributed by atoms with Gasteiger partial charge in [-0.15, -0.1) is 0 Å². The number of methoxy groups -OCH3 is 1. The molecule has 3 aromatic rings. The van der Waals surface area contributed by atoms with E-state index in [1.165, 1.54) is 12.1 Å². The predicted octanol–water partition coefficient (Wildman–Crippen LogP) is 6.30. The van der Waals surface area contributed by atoms with Crippen LogP contribution in [0.4, 0.5) is 29.1 Å². The Morgan fingerprint density at radius 3 is 2.51 bits per heavy atom. The first-order valence-electron chi connectivity index (χ1n) is 11.7. The summed E-state index contributed by atoms with van der Waals surface area (Å²) in [5.41, 5.74) is -0.201. The highest BCUT2D eigenvalue weighted by molar-refractivity contribution is 5.90. The predicted molar refractivity (Wildman–Crippen MR) is 127 cm³/mol. The zero-order valence-corrected chi connectivity index (χ0v) is 20.2. The maximum Gasteiger partial charge on any atom is 0.419 e. The van der Waals surface area contributed by atoms with Crippen molar-refractivity contribution >= 4 is 22.5 Å². The van der Waals surface area contributed by atoms with Gasteiger partial charge in [-0.25, -0.2) is 14.4 Å². The van der Waals surface area contributed by atoms with E-state index in [-0.39, 0.29) is 5.56 Å². The van der Waals surface area contributed by atoms with E-state index in [9.17, 15) is 17.6 Å². The van der Waals surface area contributed by atoms with Crippen LogP contribution in [0.25, 0.3) is 11.0 Å². The molecule has 4 rings (SSSR count). The molecule has 2 aromatic heterocycles. The number of hydrogen-bond donors (Lipinski definition) is 1. The quantitative estimate of drug-likeness (QED) is 0.409. The van der Waals surface area contributed by atoms with Crippen LogP contribution in [0, 0.1) is 18.7 Å². The molecular formula is C25H29F4N5O. The molecule has 1 atom stereocenters. The summed E-state index contributed by atoms with van der Waals surface area (Å²) >= 11 is 0.